The molecule has 1 nitrogen and oxygen atoms in total. The lowest BCUT2D eigenvalue weighted by Gasteiger charge is -2.06. The average molecular weight is 606 g/mol. The van der Waals surface area contributed by atoms with E-state index in [0.717, 1.165) is 0 Å². The minimum atomic E-state index is 1.23. The molecule has 0 radical (unpaired) electrons. The summed E-state index contributed by atoms with van der Waals surface area (Å²) in [7, 11) is 0. The van der Waals surface area contributed by atoms with Crippen molar-refractivity contribution in [3.05, 3.63) is 140 Å². The highest BCUT2D eigenvalue weighted by Crippen LogP contribution is 2.45. The van der Waals surface area contributed by atoms with E-state index in [9.17, 15) is 0 Å². The van der Waals surface area contributed by atoms with Gasteiger partial charge in [-0.3, -0.25) is 0 Å². The molecule has 0 amide bonds. The molecular formula is C42H23NS2. The van der Waals surface area contributed by atoms with Crippen molar-refractivity contribution in [3.8, 4) is 11.1 Å². The zero-order chi connectivity index (χ0) is 29.2. The van der Waals surface area contributed by atoms with Crippen LogP contribution in [0.3, 0.4) is 0 Å². The molecule has 11 aromatic rings. The van der Waals surface area contributed by atoms with Crippen LogP contribution < -0.4 is 0 Å². The second kappa shape index (κ2) is 8.70. The first-order chi connectivity index (χ1) is 22.3. The van der Waals surface area contributed by atoms with E-state index in [0.29, 0.717) is 0 Å². The van der Waals surface area contributed by atoms with Crippen LogP contribution in [0.4, 0.5) is 0 Å². The number of nitrogens with zero attached hydrogens (tertiary/aromatic N) is 1. The first kappa shape index (κ1) is 24.1. The van der Waals surface area contributed by atoms with Crippen LogP contribution >= 0.6 is 22.7 Å². The van der Waals surface area contributed by atoms with Crippen molar-refractivity contribution in [2.45, 2.75) is 0 Å². The number of benzene rings is 7. The van der Waals surface area contributed by atoms with Gasteiger partial charge in [0, 0.05) is 61.9 Å². The van der Waals surface area contributed by atoms with E-state index in [1.165, 1.54) is 100 Å². The molecule has 0 aliphatic rings. The Morgan fingerprint density at radius 3 is 1.67 bits per heavy atom. The summed E-state index contributed by atoms with van der Waals surface area (Å²) >= 11 is 3.77. The summed E-state index contributed by atoms with van der Waals surface area (Å²) in [6.45, 7) is 0. The van der Waals surface area contributed by atoms with Gasteiger partial charge < -0.3 is 4.40 Å². The van der Waals surface area contributed by atoms with Crippen LogP contribution in [0.25, 0.3) is 100 Å². The van der Waals surface area contributed by atoms with Gasteiger partial charge in [-0.25, -0.2) is 0 Å². The maximum absolute atomic E-state index is 2.53. The van der Waals surface area contributed by atoms with Gasteiger partial charge in [0.05, 0.1) is 16.6 Å². The normalized spacial score (nSPS) is 12.4. The Balaban J connectivity index is 1.34. The molecule has 11 rings (SSSR count). The lowest BCUT2D eigenvalue weighted by atomic mass is 9.99. The Labute approximate surface area is 265 Å². The lowest BCUT2D eigenvalue weighted by Crippen LogP contribution is -1.86. The zero-order valence-electron chi connectivity index (χ0n) is 24.0. The Bertz CT molecular complexity index is 3040. The predicted molar refractivity (Wildman–Crippen MR) is 199 cm³/mol. The largest absolute Gasteiger partial charge is 0.308 e. The number of aromatic nitrogens is 1. The van der Waals surface area contributed by atoms with Crippen molar-refractivity contribution in [2.24, 2.45) is 0 Å². The maximum atomic E-state index is 2.53. The summed E-state index contributed by atoms with van der Waals surface area (Å²) < 4.78 is 7.89. The Kier molecular flexibility index (Phi) is 4.67. The van der Waals surface area contributed by atoms with Gasteiger partial charge in [0.15, 0.2) is 0 Å². The third-order valence-corrected chi connectivity index (χ3v) is 12.0. The minimum Gasteiger partial charge on any atom is -0.308 e. The number of fused-ring (bicyclic) bond motifs is 10. The SMILES string of the molecule is c1ccc2c(c1)sc1ccc(-c3ccc4c(c3)c3cccc5c6cccc7sc8cccc(c9ccccc9n4c53)c8c76)cc12. The van der Waals surface area contributed by atoms with E-state index in [1.54, 1.807) is 0 Å². The highest BCUT2D eigenvalue weighted by molar-refractivity contribution is 7.26. The molecule has 0 atom stereocenters. The molecule has 0 bridgehead atoms. The Morgan fingerprint density at radius 2 is 0.844 bits per heavy atom. The molecule has 0 spiro atoms. The fourth-order valence-corrected chi connectivity index (χ4v) is 10.1. The second-order valence-electron chi connectivity index (χ2n) is 12.1. The molecule has 4 heterocycles. The third-order valence-electron chi connectivity index (χ3n) is 9.74. The van der Waals surface area contributed by atoms with E-state index in [1.807, 2.05) is 22.7 Å². The summed E-state index contributed by atoms with van der Waals surface area (Å²) in [6.07, 6.45) is 0. The zero-order valence-corrected chi connectivity index (χ0v) is 25.7. The lowest BCUT2D eigenvalue weighted by molar-refractivity contribution is 1.35. The minimum absolute atomic E-state index is 1.23. The molecule has 45 heavy (non-hydrogen) atoms. The maximum Gasteiger partial charge on any atom is 0.0619 e. The topological polar surface area (TPSA) is 4.41 Å². The smallest absolute Gasteiger partial charge is 0.0619 e. The molecule has 0 N–H and O–H groups in total. The van der Waals surface area contributed by atoms with Gasteiger partial charge in [0.1, 0.15) is 0 Å². The number of thiophene rings is 2. The Hall–Kier alpha value is -5.22. The molecular weight excluding hydrogens is 583 g/mol. The highest BCUT2D eigenvalue weighted by Gasteiger charge is 2.18. The van der Waals surface area contributed by atoms with Crippen LogP contribution in [0.2, 0.25) is 0 Å². The van der Waals surface area contributed by atoms with Gasteiger partial charge in [-0.2, -0.15) is 0 Å². The molecule has 3 heteroatoms. The number of para-hydroxylation sites is 2. The second-order valence-corrected chi connectivity index (χ2v) is 14.2. The van der Waals surface area contributed by atoms with E-state index in [4.69, 9.17) is 0 Å². The number of hydrogen-bond acceptors (Lipinski definition) is 2. The van der Waals surface area contributed by atoms with Gasteiger partial charge in [0.25, 0.3) is 0 Å². The quantitative estimate of drug-likeness (QED) is 0.175. The van der Waals surface area contributed by atoms with Crippen LogP contribution in [-0.4, -0.2) is 4.40 Å². The van der Waals surface area contributed by atoms with Crippen LogP contribution in [-0.2, 0) is 0 Å². The van der Waals surface area contributed by atoms with Crippen LogP contribution in [0, 0.1) is 0 Å². The van der Waals surface area contributed by atoms with Crippen molar-refractivity contribution in [2.75, 3.05) is 0 Å². The van der Waals surface area contributed by atoms with E-state index >= 15 is 0 Å². The van der Waals surface area contributed by atoms with E-state index < -0.39 is 0 Å². The summed E-state index contributed by atoms with van der Waals surface area (Å²) in [6, 6.07) is 52.3. The van der Waals surface area contributed by atoms with Crippen molar-refractivity contribution in [1.29, 1.82) is 0 Å². The number of hydrogen-bond donors (Lipinski definition) is 0. The predicted octanol–water partition coefficient (Wildman–Crippen LogP) is 13.0. The first-order valence-corrected chi connectivity index (χ1v) is 17.0. The molecule has 0 aliphatic heterocycles. The van der Waals surface area contributed by atoms with Crippen molar-refractivity contribution in [1.82, 2.24) is 4.40 Å². The number of rotatable bonds is 1. The molecule has 0 saturated carbocycles. The molecule has 0 saturated heterocycles. The summed E-state index contributed by atoms with van der Waals surface area (Å²) in [4.78, 5) is 0. The highest BCUT2D eigenvalue weighted by atomic mass is 32.1. The van der Waals surface area contributed by atoms with Gasteiger partial charge in [0.2, 0.25) is 0 Å². The van der Waals surface area contributed by atoms with Crippen LogP contribution in [0.1, 0.15) is 0 Å². The summed E-state index contributed by atoms with van der Waals surface area (Å²) in [5.74, 6) is 0. The fraction of sp³-hybridized carbons (Fsp3) is 0. The van der Waals surface area contributed by atoms with Gasteiger partial charge in [-0.05, 0) is 70.4 Å². The summed E-state index contributed by atoms with van der Waals surface area (Å²) in [5.41, 5.74) is 6.24. The standard InChI is InChI=1S/C42H23NS2/c1-3-14-34-26(8-1)28-10-6-16-38-40(28)41-29(11-7-17-39(41)45-38)30-12-5-13-31-32-22-24(18-20-35(32)43(34)42(30)31)25-19-21-37-33(23-25)27-9-2-4-15-36(27)44-37/h1-23H. The monoisotopic (exact) mass is 605 g/mol. The molecule has 0 fully saturated rings. The third kappa shape index (κ3) is 3.16. The Morgan fingerprint density at radius 1 is 0.333 bits per heavy atom. The van der Waals surface area contributed by atoms with Crippen LogP contribution in [0.15, 0.2) is 140 Å². The first-order valence-electron chi connectivity index (χ1n) is 15.4. The molecule has 208 valence electrons. The van der Waals surface area contributed by atoms with Gasteiger partial charge in [-0.1, -0.05) is 91.0 Å². The van der Waals surface area contributed by atoms with Crippen molar-refractivity contribution in [3.63, 3.8) is 0 Å². The van der Waals surface area contributed by atoms with Crippen molar-refractivity contribution < 1.29 is 0 Å². The van der Waals surface area contributed by atoms with E-state index in [-0.39, 0.29) is 0 Å². The van der Waals surface area contributed by atoms with Crippen LogP contribution in [0.5, 0.6) is 0 Å². The fourth-order valence-electron chi connectivity index (χ4n) is 7.83. The van der Waals surface area contributed by atoms with Crippen molar-refractivity contribution >= 4 is 112 Å². The summed E-state index contributed by atoms with van der Waals surface area (Å²) in [5, 5.41) is 13.1. The molecule has 4 aromatic heterocycles. The van der Waals surface area contributed by atoms with Gasteiger partial charge >= 0.3 is 0 Å². The van der Waals surface area contributed by atoms with E-state index in [2.05, 4.69) is 144 Å². The molecule has 0 aliphatic carbocycles. The molecule has 0 unspecified atom stereocenters. The molecule has 7 aromatic carbocycles. The average Bonchev–Trinajstić information content (AvgIpc) is 3.77. The van der Waals surface area contributed by atoms with Gasteiger partial charge in [-0.15, -0.1) is 22.7 Å².